The number of nitrogens with zero attached hydrogens (tertiary/aromatic N) is 1. The summed E-state index contributed by atoms with van der Waals surface area (Å²) >= 11 is 1.69. The zero-order chi connectivity index (χ0) is 19.8. The number of thioether (sulfide) groups is 1. The van der Waals surface area contributed by atoms with Gasteiger partial charge in [0.05, 0.1) is 0 Å². The third kappa shape index (κ3) is 5.86. The van der Waals surface area contributed by atoms with Crippen molar-refractivity contribution in [3.8, 4) is 0 Å². The fourth-order valence-electron chi connectivity index (χ4n) is 2.82. The smallest absolute Gasteiger partial charge is 0.251 e. The highest BCUT2D eigenvalue weighted by molar-refractivity contribution is 7.98. The van der Waals surface area contributed by atoms with Crippen molar-refractivity contribution < 1.29 is 9.59 Å². The molecule has 0 bridgehead atoms. The summed E-state index contributed by atoms with van der Waals surface area (Å²) in [5.74, 6) is -0.235. The van der Waals surface area contributed by atoms with E-state index >= 15 is 0 Å². The minimum atomic E-state index is -0.543. The van der Waals surface area contributed by atoms with E-state index in [1.165, 1.54) is 4.90 Å². The first kappa shape index (κ1) is 21.0. The van der Waals surface area contributed by atoms with Crippen LogP contribution < -0.4 is 5.32 Å². The van der Waals surface area contributed by atoms with E-state index in [-0.39, 0.29) is 17.7 Å². The van der Waals surface area contributed by atoms with Gasteiger partial charge in [0.2, 0.25) is 5.91 Å². The average Bonchev–Trinajstić information content (AvgIpc) is 2.71. The van der Waals surface area contributed by atoms with Crippen molar-refractivity contribution in [2.24, 2.45) is 5.92 Å². The number of nitrogens with one attached hydrogen (secondary N) is 1. The molecule has 0 saturated carbocycles. The molecule has 2 atom stereocenters. The van der Waals surface area contributed by atoms with Gasteiger partial charge in [0.1, 0.15) is 6.04 Å². The lowest BCUT2D eigenvalue weighted by Gasteiger charge is -2.28. The second-order valence-electron chi connectivity index (χ2n) is 6.75. The Morgan fingerprint density at radius 2 is 1.70 bits per heavy atom. The van der Waals surface area contributed by atoms with Crippen LogP contribution in [0.25, 0.3) is 0 Å². The van der Waals surface area contributed by atoms with Crippen LogP contribution in [0.1, 0.15) is 36.2 Å². The van der Waals surface area contributed by atoms with Crippen molar-refractivity contribution in [1.29, 1.82) is 0 Å². The van der Waals surface area contributed by atoms with E-state index in [1.54, 1.807) is 35.8 Å². The van der Waals surface area contributed by atoms with Crippen LogP contribution in [-0.2, 0) is 11.3 Å². The van der Waals surface area contributed by atoms with Gasteiger partial charge in [0, 0.05) is 24.1 Å². The Balaban J connectivity index is 2.09. The van der Waals surface area contributed by atoms with E-state index in [2.05, 4.69) is 17.4 Å². The number of rotatable bonds is 8. The van der Waals surface area contributed by atoms with Crippen molar-refractivity contribution in [3.63, 3.8) is 0 Å². The Hall–Kier alpha value is -2.27. The number of hydrogen-bond acceptors (Lipinski definition) is 3. The first-order valence-electron chi connectivity index (χ1n) is 9.20. The van der Waals surface area contributed by atoms with Crippen LogP contribution in [0.15, 0.2) is 59.5 Å². The molecule has 0 heterocycles. The fraction of sp³-hybridized carbons (Fsp3) is 0.364. The van der Waals surface area contributed by atoms with Crippen LogP contribution in [0.4, 0.5) is 0 Å². The third-order valence-electron chi connectivity index (χ3n) is 4.76. The Bertz CT molecular complexity index is 747. The second kappa shape index (κ2) is 10.2. The molecule has 2 amide bonds. The molecule has 0 saturated heterocycles. The van der Waals surface area contributed by atoms with E-state index in [4.69, 9.17) is 0 Å². The fourth-order valence-corrected chi connectivity index (χ4v) is 3.23. The molecule has 0 aliphatic carbocycles. The van der Waals surface area contributed by atoms with Gasteiger partial charge < -0.3 is 10.2 Å². The largest absolute Gasteiger partial charge is 0.340 e. The molecule has 4 nitrogen and oxygen atoms in total. The maximum absolute atomic E-state index is 13.0. The van der Waals surface area contributed by atoms with Gasteiger partial charge in [0.25, 0.3) is 5.91 Å². The van der Waals surface area contributed by atoms with Gasteiger partial charge in [-0.3, -0.25) is 9.59 Å². The van der Waals surface area contributed by atoms with Crippen LogP contribution >= 0.6 is 11.8 Å². The van der Waals surface area contributed by atoms with E-state index < -0.39 is 6.04 Å². The summed E-state index contributed by atoms with van der Waals surface area (Å²) < 4.78 is 0. The summed E-state index contributed by atoms with van der Waals surface area (Å²) in [7, 11) is 1.79. The van der Waals surface area contributed by atoms with Gasteiger partial charge in [-0.2, -0.15) is 0 Å². The Morgan fingerprint density at radius 3 is 2.26 bits per heavy atom. The molecule has 0 unspecified atom stereocenters. The predicted molar refractivity (Wildman–Crippen MR) is 112 cm³/mol. The van der Waals surface area contributed by atoms with E-state index in [0.717, 1.165) is 12.0 Å². The van der Waals surface area contributed by atoms with Gasteiger partial charge in [-0.15, -0.1) is 11.8 Å². The molecule has 2 rings (SSSR count). The van der Waals surface area contributed by atoms with Gasteiger partial charge >= 0.3 is 0 Å². The van der Waals surface area contributed by atoms with E-state index in [1.807, 2.05) is 50.4 Å². The topological polar surface area (TPSA) is 49.4 Å². The standard InChI is InChI=1S/C22H28N2O2S/c1-5-16(2)20(23-21(25)18-9-7-6-8-10-18)22(26)24(3)15-17-11-13-19(27-4)14-12-17/h6-14,16,20H,5,15H2,1-4H3,(H,23,25)/t16-,20+/m1/s1. The number of amides is 2. The molecule has 0 aliphatic rings. The van der Waals surface area contributed by atoms with Gasteiger partial charge in [-0.1, -0.05) is 50.6 Å². The summed E-state index contributed by atoms with van der Waals surface area (Å²) in [6.45, 7) is 4.54. The number of benzene rings is 2. The molecular formula is C22H28N2O2S. The maximum atomic E-state index is 13.0. The Labute approximate surface area is 166 Å². The minimum absolute atomic E-state index is 0.0477. The quantitative estimate of drug-likeness (QED) is 0.694. The monoisotopic (exact) mass is 384 g/mol. The van der Waals surface area contributed by atoms with Crippen molar-refractivity contribution in [1.82, 2.24) is 10.2 Å². The van der Waals surface area contributed by atoms with Gasteiger partial charge in [-0.05, 0) is 42.0 Å². The first-order valence-corrected chi connectivity index (χ1v) is 10.4. The van der Waals surface area contributed by atoms with Crippen LogP contribution in [0, 0.1) is 5.92 Å². The van der Waals surface area contributed by atoms with Crippen LogP contribution in [0.3, 0.4) is 0 Å². The van der Waals surface area contributed by atoms with Gasteiger partial charge in [0.15, 0.2) is 0 Å². The number of carbonyl (C=O) groups excluding carboxylic acids is 2. The zero-order valence-electron chi connectivity index (χ0n) is 16.4. The molecule has 5 heteroatoms. The van der Waals surface area contributed by atoms with Crippen LogP contribution in [-0.4, -0.2) is 36.1 Å². The molecule has 0 aliphatic heterocycles. The molecule has 0 radical (unpaired) electrons. The lowest BCUT2D eigenvalue weighted by Crippen LogP contribution is -2.50. The zero-order valence-corrected chi connectivity index (χ0v) is 17.3. The molecule has 144 valence electrons. The number of carbonyl (C=O) groups is 2. The summed E-state index contributed by atoms with van der Waals surface area (Å²) in [6.07, 6.45) is 2.85. The minimum Gasteiger partial charge on any atom is -0.340 e. The summed E-state index contributed by atoms with van der Waals surface area (Å²) in [5.41, 5.74) is 1.63. The molecule has 2 aromatic rings. The average molecular weight is 385 g/mol. The van der Waals surface area contributed by atoms with Crippen molar-refractivity contribution >= 4 is 23.6 Å². The molecule has 0 aromatic heterocycles. The predicted octanol–water partition coefficient (Wildman–Crippen LogP) is 4.21. The molecular weight excluding hydrogens is 356 g/mol. The second-order valence-corrected chi connectivity index (χ2v) is 7.62. The molecule has 2 aromatic carbocycles. The molecule has 27 heavy (non-hydrogen) atoms. The highest BCUT2D eigenvalue weighted by atomic mass is 32.2. The third-order valence-corrected chi connectivity index (χ3v) is 5.50. The van der Waals surface area contributed by atoms with E-state index in [9.17, 15) is 9.59 Å². The first-order chi connectivity index (χ1) is 13.0. The molecule has 0 spiro atoms. The van der Waals surface area contributed by atoms with E-state index in [0.29, 0.717) is 12.1 Å². The van der Waals surface area contributed by atoms with Crippen molar-refractivity contribution in [2.45, 2.75) is 37.8 Å². The lowest BCUT2D eigenvalue weighted by atomic mass is 9.97. The van der Waals surface area contributed by atoms with Gasteiger partial charge in [-0.25, -0.2) is 0 Å². The Morgan fingerprint density at radius 1 is 1.07 bits per heavy atom. The summed E-state index contributed by atoms with van der Waals surface area (Å²) in [5, 5.41) is 2.94. The maximum Gasteiger partial charge on any atom is 0.251 e. The Kier molecular flexibility index (Phi) is 7.92. The van der Waals surface area contributed by atoms with Crippen LogP contribution in [0.5, 0.6) is 0 Å². The summed E-state index contributed by atoms with van der Waals surface area (Å²) in [6, 6.07) is 16.7. The van der Waals surface area contributed by atoms with Crippen molar-refractivity contribution in [3.05, 3.63) is 65.7 Å². The lowest BCUT2D eigenvalue weighted by molar-refractivity contribution is -0.133. The SMILES string of the molecule is CC[C@@H](C)[C@H](NC(=O)c1ccccc1)C(=O)N(C)Cc1ccc(SC)cc1. The number of likely N-dealkylation sites (N-methyl/N-ethyl adjacent to an activating group) is 1. The van der Waals surface area contributed by atoms with Crippen LogP contribution in [0.2, 0.25) is 0 Å². The van der Waals surface area contributed by atoms with Crippen molar-refractivity contribution in [2.75, 3.05) is 13.3 Å². The molecule has 1 N–H and O–H groups in total. The normalized spacial score (nSPS) is 12.9. The molecule has 0 fully saturated rings. The highest BCUT2D eigenvalue weighted by Gasteiger charge is 2.28. The summed E-state index contributed by atoms with van der Waals surface area (Å²) in [4.78, 5) is 28.5. The number of hydrogen-bond donors (Lipinski definition) is 1. The highest BCUT2D eigenvalue weighted by Crippen LogP contribution is 2.17.